The molecule has 1 rings (SSSR count). The molecule has 3 N–H and O–H groups in total. The van der Waals surface area contributed by atoms with Gasteiger partial charge in [0.05, 0.1) is 5.69 Å². The Morgan fingerprint density at radius 2 is 2.05 bits per heavy atom. The smallest absolute Gasteiger partial charge is 0.399 e. The number of carbonyl (C=O) groups is 1. The Morgan fingerprint density at radius 3 is 2.70 bits per heavy atom. The van der Waals surface area contributed by atoms with Crippen LogP contribution in [0.15, 0.2) is 18.2 Å². The number of benzene rings is 1. The van der Waals surface area contributed by atoms with E-state index in [9.17, 15) is 22.4 Å². The third kappa shape index (κ3) is 6.37. The summed E-state index contributed by atoms with van der Waals surface area (Å²) in [5.41, 5.74) is 5.66. The van der Waals surface area contributed by atoms with E-state index >= 15 is 0 Å². The summed E-state index contributed by atoms with van der Waals surface area (Å²) in [6, 6.07) is 3.71. The summed E-state index contributed by atoms with van der Waals surface area (Å²) in [6.07, 6.45) is -4.36. The first-order chi connectivity index (χ1) is 9.28. The predicted octanol–water partition coefficient (Wildman–Crippen LogP) is 2.71. The van der Waals surface area contributed by atoms with Crippen molar-refractivity contribution in [3.63, 3.8) is 0 Å². The highest BCUT2D eigenvalue weighted by atomic mass is 19.4. The Hall–Kier alpha value is -1.83. The van der Waals surface area contributed by atoms with Crippen molar-refractivity contribution in [2.24, 2.45) is 0 Å². The van der Waals surface area contributed by atoms with Gasteiger partial charge >= 0.3 is 6.18 Å². The quantitative estimate of drug-likeness (QED) is 0.481. The number of nitrogen functional groups attached to an aromatic ring is 1. The summed E-state index contributed by atoms with van der Waals surface area (Å²) in [7, 11) is 0. The maximum Gasteiger partial charge on any atom is 0.411 e. The second-order valence-corrected chi connectivity index (χ2v) is 4.06. The first kappa shape index (κ1) is 16.2. The minimum Gasteiger partial charge on any atom is -0.399 e. The van der Waals surface area contributed by atoms with Crippen LogP contribution in [-0.2, 0) is 9.53 Å². The van der Waals surface area contributed by atoms with Crippen LogP contribution in [0.1, 0.15) is 12.8 Å². The molecule has 0 aromatic heterocycles. The lowest BCUT2D eigenvalue weighted by Gasteiger charge is -2.08. The Labute approximate surface area is 112 Å². The Balaban J connectivity index is 2.29. The topological polar surface area (TPSA) is 64.3 Å². The highest BCUT2D eigenvalue weighted by molar-refractivity contribution is 5.91. The van der Waals surface area contributed by atoms with E-state index < -0.39 is 24.5 Å². The lowest BCUT2D eigenvalue weighted by atomic mass is 10.2. The molecule has 20 heavy (non-hydrogen) atoms. The second-order valence-electron chi connectivity index (χ2n) is 4.06. The molecule has 0 saturated heterocycles. The third-order valence-corrected chi connectivity index (χ3v) is 2.22. The van der Waals surface area contributed by atoms with Crippen LogP contribution in [0.3, 0.4) is 0 Å². The van der Waals surface area contributed by atoms with E-state index in [0.29, 0.717) is 0 Å². The zero-order valence-electron chi connectivity index (χ0n) is 10.5. The van der Waals surface area contributed by atoms with Crippen molar-refractivity contribution in [2.75, 3.05) is 24.3 Å². The molecule has 0 unspecified atom stereocenters. The van der Waals surface area contributed by atoms with Crippen LogP contribution >= 0.6 is 0 Å². The summed E-state index contributed by atoms with van der Waals surface area (Å²) in [4.78, 5) is 11.4. The van der Waals surface area contributed by atoms with Gasteiger partial charge in [-0.2, -0.15) is 13.2 Å². The van der Waals surface area contributed by atoms with Crippen LogP contribution in [0.5, 0.6) is 0 Å². The minimum atomic E-state index is -4.38. The van der Waals surface area contributed by atoms with Gasteiger partial charge in [0.15, 0.2) is 0 Å². The average molecular weight is 294 g/mol. The molecule has 0 aliphatic rings. The lowest BCUT2D eigenvalue weighted by molar-refractivity contribution is -0.174. The fraction of sp³-hybridized carbons (Fsp3) is 0.417. The van der Waals surface area contributed by atoms with Gasteiger partial charge in [-0.15, -0.1) is 0 Å². The molecule has 8 heteroatoms. The van der Waals surface area contributed by atoms with Crippen LogP contribution in [0.2, 0.25) is 0 Å². The first-order valence-corrected chi connectivity index (χ1v) is 5.77. The van der Waals surface area contributed by atoms with E-state index in [1.54, 1.807) is 0 Å². The minimum absolute atomic E-state index is 0.0637. The molecule has 0 fully saturated rings. The van der Waals surface area contributed by atoms with E-state index in [1.807, 2.05) is 0 Å². The number of alkyl halides is 3. The highest BCUT2D eigenvalue weighted by Crippen LogP contribution is 2.18. The second kappa shape index (κ2) is 7.09. The molecule has 0 saturated carbocycles. The number of ether oxygens (including phenoxy) is 1. The number of halogens is 4. The summed E-state index contributed by atoms with van der Waals surface area (Å²) >= 11 is 0. The van der Waals surface area contributed by atoms with Crippen molar-refractivity contribution < 1.29 is 27.1 Å². The van der Waals surface area contributed by atoms with Crippen LogP contribution in [0.4, 0.5) is 28.9 Å². The summed E-state index contributed by atoms with van der Waals surface area (Å²) in [5, 5.41) is 2.29. The number of hydrogen-bond donors (Lipinski definition) is 2. The zero-order valence-corrected chi connectivity index (χ0v) is 10.5. The fourth-order valence-corrected chi connectivity index (χ4v) is 1.37. The largest absolute Gasteiger partial charge is 0.411 e. The third-order valence-electron chi connectivity index (χ3n) is 2.22. The molecule has 0 aliphatic carbocycles. The van der Waals surface area contributed by atoms with Gasteiger partial charge < -0.3 is 15.8 Å². The molecule has 1 amide bonds. The van der Waals surface area contributed by atoms with Gasteiger partial charge in [-0.05, 0) is 24.6 Å². The van der Waals surface area contributed by atoms with Crippen molar-refractivity contribution in [2.45, 2.75) is 19.0 Å². The van der Waals surface area contributed by atoms with Crippen LogP contribution in [-0.4, -0.2) is 25.3 Å². The molecule has 1 aromatic carbocycles. The van der Waals surface area contributed by atoms with Gasteiger partial charge in [-0.25, -0.2) is 4.39 Å². The summed E-state index contributed by atoms with van der Waals surface area (Å²) < 4.78 is 52.9. The zero-order chi connectivity index (χ0) is 15.2. The molecule has 0 atom stereocenters. The highest BCUT2D eigenvalue weighted by Gasteiger charge is 2.27. The Morgan fingerprint density at radius 1 is 1.35 bits per heavy atom. The van der Waals surface area contributed by atoms with Crippen molar-refractivity contribution in [1.29, 1.82) is 0 Å². The average Bonchev–Trinajstić information content (AvgIpc) is 2.32. The van der Waals surface area contributed by atoms with Gasteiger partial charge in [-0.3, -0.25) is 4.79 Å². The number of anilines is 2. The maximum absolute atomic E-state index is 13.3. The number of carbonyl (C=O) groups excluding carboxylic acids is 1. The van der Waals surface area contributed by atoms with Crippen molar-refractivity contribution in [1.82, 2.24) is 0 Å². The molecule has 112 valence electrons. The van der Waals surface area contributed by atoms with E-state index in [4.69, 9.17) is 5.73 Å². The summed E-state index contributed by atoms with van der Waals surface area (Å²) in [6.45, 7) is -1.55. The molecule has 0 radical (unpaired) electrons. The number of nitrogens with two attached hydrogens (primary N) is 1. The lowest BCUT2D eigenvalue weighted by Crippen LogP contribution is -2.18. The maximum atomic E-state index is 13.3. The summed E-state index contributed by atoms with van der Waals surface area (Å²) in [5.74, 6) is -1.16. The normalized spacial score (nSPS) is 11.4. The number of nitrogens with one attached hydrogen (secondary N) is 1. The molecular weight excluding hydrogens is 280 g/mol. The Bertz CT molecular complexity index is 463. The van der Waals surface area contributed by atoms with Crippen molar-refractivity contribution in [3.8, 4) is 0 Å². The first-order valence-electron chi connectivity index (χ1n) is 5.77. The van der Waals surface area contributed by atoms with Crippen molar-refractivity contribution >= 4 is 17.3 Å². The number of rotatable bonds is 6. The molecule has 4 nitrogen and oxygen atoms in total. The Kier molecular flexibility index (Phi) is 5.75. The van der Waals surface area contributed by atoms with Crippen LogP contribution in [0.25, 0.3) is 0 Å². The van der Waals surface area contributed by atoms with Gasteiger partial charge in [0.25, 0.3) is 0 Å². The van der Waals surface area contributed by atoms with E-state index in [-0.39, 0.29) is 30.8 Å². The van der Waals surface area contributed by atoms with Gasteiger partial charge in [0.2, 0.25) is 5.91 Å². The van der Waals surface area contributed by atoms with E-state index in [2.05, 4.69) is 10.1 Å². The SMILES string of the molecule is Nc1ccc(F)c(NC(=O)CCCOCC(F)(F)F)c1. The van der Waals surface area contributed by atoms with E-state index in [1.165, 1.54) is 12.1 Å². The standard InChI is InChI=1S/C12H14F4N2O2/c13-9-4-3-8(17)6-10(9)18-11(19)2-1-5-20-7-12(14,15)16/h3-4,6H,1-2,5,7,17H2,(H,18,19). The monoisotopic (exact) mass is 294 g/mol. The molecule has 0 heterocycles. The van der Waals surface area contributed by atoms with E-state index in [0.717, 1.165) is 6.07 Å². The molecule has 0 bridgehead atoms. The molecule has 1 aromatic rings. The van der Waals surface area contributed by atoms with Crippen molar-refractivity contribution in [3.05, 3.63) is 24.0 Å². The molecule has 0 spiro atoms. The van der Waals surface area contributed by atoms with Gasteiger partial charge in [0, 0.05) is 18.7 Å². The van der Waals surface area contributed by atoms with Gasteiger partial charge in [-0.1, -0.05) is 0 Å². The predicted molar refractivity (Wildman–Crippen MR) is 65.6 cm³/mol. The molecule has 0 aliphatic heterocycles. The van der Waals surface area contributed by atoms with Crippen LogP contribution in [0, 0.1) is 5.82 Å². The number of amides is 1. The fourth-order valence-electron chi connectivity index (χ4n) is 1.37. The van der Waals surface area contributed by atoms with Gasteiger partial charge in [0.1, 0.15) is 12.4 Å². The number of hydrogen-bond acceptors (Lipinski definition) is 3. The molecular formula is C12H14F4N2O2. The van der Waals surface area contributed by atoms with Crippen LogP contribution < -0.4 is 11.1 Å².